The van der Waals surface area contributed by atoms with Crippen LogP contribution in [0.25, 0.3) is 0 Å². The van der Waals surface area contributed by atoms with Gasteiger partial charge in [0.05, 0.1) is 12.3 Å². The highest BCUT2D eigenvalue weighted by molar-refractivity contribution is 9.10. The van der Waals surface area contributed by atoms with E-state index in [0.717, 1.165) is 39.2 Å². The summed E-state index contributed by atoms with van der Waals surface area (Å²) in [6.07, 6.45) is 0.815. The Morgan fingerprint density at radius 1 is 1.25 bits per heavy atom. The number of rotatable bonds is 6. The number of benzene rings is 1. The van der Waals surface area contributed by atoms with Crippen LogP contribution in [-0.2, 0) is 0 Å². The molecule has 0 amide bonds. The molecule has 1 aromatic heterocycles. The van der Waals surface area contributed by atoms with Gasteiger partial charge in [-0.1, -0.05) is 18.5 Å². The fourth-order valence-corrected chi connectivity index (χ4v) is 3.18. The van der Waals surface area contributed by atoms with Crippen molar-refractivity contribution in [1.82, 2.24) is 4.98 Å². The zero-order valence-corrected chi connectivity index (χ0v) is 16.6. The van der Waals surface area contributed by atoms with Gasteiger partial charge in [0.25, 0.3) is 0 Å². The lowest BCUT2D eigenvalue weighted by Crippen LogP contribution is -2.23. The van der Waals surface area contributed by atoms with Crippen molar-refractivity contribution in [3.05, 3.63) is 44.5 Å². The molecule has 0 aliphatic heterocycles. The van der Waals surface area contributed by atoms with Crippen molar-refractivity contribution >= 4 is 33.2 Å². The minimum atomic E-state index is -0.0186. The van der Waals surface area contributed by atoms with Gasteiger partial charge in [-0.3, -0.25) is 0 Å². The number of hydrogen-bond acceptors (Lipinski definition) is 4. The molecule has 1 unspecified atom stereocenters. The number of aliphatic hydroxyl groups excluding tert-OH is 1. The van der Waals surface area contributed by atoms with Gasteiger partial charge in [-0.2, -0.15) is 0 Å². The van der Waals surface area contributed by atoms with Crippen molar-refractivity contribution in [2.45, 2.75) is 40.2 Å². The van der Waals surface area contributed by atoms with E-state index in [-0.39, 0.29) is 12.6 Å². The number of aryl methyl sites for hydroxylation is 3. The molecule has 2 aromatic rings. The quantitative estimate of drug-likeness (QED) is 0.666. The lowest BCUT2D eigenvalue weighted by atomic mass is 10.1. The second kappa shape index (κ2) is 8.19. The van der Waals surface area contributed by atoms with Crippen molar-refractivity contribution in [2.24, 2.45) is 0 Å². The van der Waals surface area contributed by atoms with Crippen molar-refractivity contribution in [3.63, 3.8) is 0 Å². The van der Waals surface area contributed by atoms with Gasteiger partial charge in [-0.25, -0.2) is 4.98 Å². The Morgan fingerprint density at radius 3 is 2.42 bits per heavy atom. The van der Waals surface area contributed by atoms with Crippen molar-refractivity contribution in [3.8, 4) is 11.6 Å². The summed E-state index contributed by atoms with van der Waals surface area (Å²) in [7, 11) is 0. The van der Waals surface area contributed by atoms with Crippen LogP contribution in [0.15, 0.2) is 22.7 Å². The SMILES string of the molecule is CCC(CO)Nc1cc(C)nc(Oc2c(C)cc(Cl)cc2C)c1Br. The van der Waals surface area contributed by atoms with Crippen LogP contribution in [0.3, 0.4) is 0 Å². The first kappa shape index (κ1) is 19.0. The highest BCUT2D eigenvalue weighted by Gasteiger charge is 2.16. The Hall–Kier alpha value is -1.30. The zero-order valence-electron chi connectivity index (χ0n) is 14.3. The van der Waals surface area contributed by atoms with Crippen LogP contribution in [0.2, 0.25) is 5.02 Å². The van der Waals surface area contributed by atoms with Crippen LogP contribution >= 0.6 is 27.5 Å². The molecule has 0 bridgehead atoms. The molecule has 1 heterocycles. The van der Waals surface area contributed by atoms with Crippen LogP contribution in [-0.4, -0.2) is 22.7 Å². The van der Waals surface area contributed by atoms with E-state index >= 15 is 0 Å². The van der Waals surface area contributed by atoms with Crippen LogP contribution in [0.4, 0.5) is 5.69 Å². The third kappa shape index (κ3) is 4.41. The molecule has 0 radical (unpaired) electrons. The van der Waals surface area contributed by atoms with Crippen molar-refractivity contribution in [1.29, 1.82) is 0 Å². The van der Waals surface area contributed by atoms with E-state index in [1.54, 1.807) is 0 Å². The first-order chi connectivity index (χ1) is 11.3. The largest absolute Gasteiger partial charge is 0.437 e. The first-order valence-electron chi connectivity index (χ1n) is 7.84. The summed E-state index contributed by atoms with van der Waals surface area (Å²) in [5, 5.41) is 13.4. The standard InChI is InChI=1S/C18H22BrClN2O2/c1-5-14(9-23)22-15-8-12(4)21-18(16(15)19)24-17-10(2)6-13(20)7-11(17)3/h6-8,14,23H,5,9H2,1-4H3,(H,21,22). The molecule has 130 valence electrons. The molecule has 2 rings (SSSR count). The Morgan fingerprint density at radius 2 is 1.88 bits per heavy atom. The smallest absolute Gasteiger partial charge is 0.235 e. The zero-order chi connectivity index (χ0) is 17.9. The van der Waals surface area contributed by atoms with Gasteiger partial charge >= 0.3 is 0 Å². The van der Waals surface area contributed by atoms with Crippen LogP contribution < -0.4 is 10.1 Å². The molecule has 6 heteroatoms. The Kier molecular flexibility index (Phi) is 6.49. The maximum Gasteiger partial charge on any atom is 0.235 e. The Labute approximate surface area is 156 Å². The van der Waals surface area contributed by atoms with E-state index in [1.807, 2.05) is 45.9 Å². The van der Waals surface area contributed by atoms with Crippen LogP contribution in [0.5, 0.6) is 11.6 Å². The molecule has 0 saturated carbocycles. The number of ether oxygens (including phenoxy) is 1. The van der Waals surface area contributed by atoms with E-state index in [4.69, 9.17) is 16.3 Å². The van der Waals surface area contributed by atoms with Gasteiger partial charge in [0.1, 0.15) is 10.2 Å². The molecule has 4 nitrogen and oxygen atoms in total. The molecule has 0 spiro atoms. The summed E-state index contributed by atoms with van der Waals surface area (Å²) < 4.78 is 6.81. The molecule has 24 heavy (non-hydrogen) atoms. The lowest BCUT2D eigenvalue weighted by molar-refractivity contribution is 0.271. The van der Waals surface area contributed by atoms with Gasteiger partial charge in [-0.15, -0.1) is 0 Å². The van der Waals surface area contributed by atoms with Gasteiger partial charge in [0.2, 0.25) is 5.88 Å². The first-order valence-corrected chi connectivity index (χ1v) is 9.01. The fraction of sp³-hybridized carbons (Fsp3) is 0.389. The number of aliphatic hydroxyl groups is 1. The number of aromatic nitrogens is 1. The Bertz CT molecular complexity index is 710. The molecule has 0 aliphatic rings. The number of hydrogen-bond donors (Lipinski definition) is 2. The molecule has 1 atom stereocenters. The van der Waals surface area contributed by atoms with E-state index in [1.165, 1.54) is 0 Å². The average Bonchev–Trinajstić information content (AvgIpc) is 2.52. The minimum absolute atomic E-state index is 0.0186. The number of nitrogens with zero attached hydrogens (tertiary/aromatic N) is 1. The van der Waals surface area contributed by atoms with Gasteiger partial charge in [-0.05, 0) is 72.4 Å². The highest BCUT2D eigenvalue weighted by Crippen LogP contribution is 2.37. The molecule has 2 N–H and O–H groups in total. The maximum atomic E-state index is 9.41. The number of halogens is 2. The summed E-state index contributed by atoms with van der Waals surface area (Å²) in [5.41, 5.74) is 3.58. The minimum Gasteiger partial charge on any atom is -0.437 e. The molecule has 0 fully saturated rings. The Balaban J connectivity index is 2.39. The topological polar surface area (TPSA) is 54.4 Å². The number of anilines is 1. The number of pyridine rings is 1. The summed E-state index contributed by atoms with van der Waals surface area (Å²) in [6.45, 7) is 7.90. The summed E-state index contributed by atoms with van der Waals surface area (Å²) in [5.74, 6) is 1.23. The number of nitrogens with one attached hydrogen (secondary N) is 1. The third-order valence-electron chi connectivity index (χ3n) is 3.75. The monoisotopic (exact) mass is 412 g/mol. The second-order valence-corrected chi connectivity index (χ2v) is 7.06. The van der Waals surface area contributed by atoms with Crippen LogP contribution in [0, 0.1) is 20.8 Å². The maximum absolute atomic E-state index is 9.41. The second-order valence-electron chi connectivity index (χ2n) is 5.83. The van der Waals surface area contributed by atoms with E-state index < -0.39 is 0 Å². The van der Waals surface area contributed by atoms with Crippen LogP contribution in [0.1, 0.15) is 30.2 Å². The van der Waals surface area contributed by atoms with Gasteiger partial charge in [0, 0.05) is 16.8 Å². The predicted molar refractivity (Wildman–Crippen MR) is 102 cm³/mol. The van der Waals surface area contributed by atoms with Crippen molar-refractivity contribution in [2.75, 3.05) is 11.9 Å². The van der Waals surface area contributed by atoms with Gasteiger partial charge < -0.3 is 15.2 Å². The van der Waals surface area contributed by atoms with Crippen molar-refractivity contribution < 1.29 is 9.84 Å². The third-order valence-corrected chi connectivity index (χ3v) is 4.74. The summed E-state index contributed by atoms with van der Waals surface area (Å²) in [4.78, 5) is 4.49. The molecular formula is C18H22BrClN2O2. The molecule has 1 aromatic carbocycles. The van der Waals surface area contributed by atoms with E-state index in [0.29, 0.717) is 10.9 Å². The van der Waals surface area contributed by atoms with Gasteiger partial charge in [0.15, 0.2) is 0 Å². The van der Waals surface area contributed by atoms with E-state index in [2.05, 4.69) is 26.2 Å². The highest BCUT2D eigenvalue weighted by atomic mass is 79.9. The van der Waals surface area contributed by atoms with E-state index in [9.17, 15) is 5.11 Å². The normalized spacial score (nSPS) is 12.1. The lowest BCUT2D eigenvalue weighted by Gasteiger charge is -2.19. The summed E-state index contributed by atoms with van der Waals surface area (Å²) in [6, 6.07) is 5.64. The average molecular weight is 414 g/mol. The summed E-state index contributed by atoms with van der Waals surface area (Å²) >= 11 is 9.65. The predicted octanol–water partition coefficient (Wildman–Crippen LogP) is 5.40. The fourth-order valence-electron chi connectivity index (χ4n) is 2.45. The molecule has 0 saturated heterocycles. The molecular weight excluding hydrogens is 392 g/mol. The molecule has 0 aliphatic carbocycles.